The summed E-state index contributed by atoms with van der Waals surface area (Å²) in [5, 5.41) is 10.8. The van der Waals surface area contributed by atoms with Crippen LogP contribution in [0.15, 0.2) is 41.1 Å². The van der Waals surface area contributed by atoms with E-state index in [2.05, 4.69) is 20.9 Å². The molecule has 1 aliphatic heterocycles. The molecule has 2 aromatic rings. The number of aliphatic hydroxyl groups is 1. The Bertz CT molecular complexity index is 620. The molecule has 1 aromatic heterocycles. The van der Waals surface area contributed by atoms with Gasteiger partial charge in [-0.25, -0.2) is 0 Å². The predicted octanol–water partition coefficient (Wildman–Crippen LogP) is 4.05. The highest BCUT2D eigenvalue weighted by Crippen LogP contribution is 2.41. The largest absolute Gasteiger partial charge is 0.485 e. The average molecular weight is 341 g/mol. The molecule has 1 aliphatic rings. The Labute approximate surface area is 124 Å². The Morgan fingerprint density at radius 2 is 2.16 bits per heavy atom. The molecule has 3 nitrogen and oxygen atoms in total. The summed E-state index contributed by atoms with van der Waals surface area (Å²) in [5.74, 6) is 0.674. The van der Waals surface area contributed by atoms with Gasteiger partial charge in [0.1, 0.15) is 11.9 Å². The van der Waals surface area contributed by atoms with Crippen molar-refractivity contribution in [2.75, 3.05) is 0 Å². The first kappa shape index (κ1) is 12.9. The van der Waals surface area contributed by atoms with Crippen LogP contribution in [-0.2, 0) is 0 Å². The molecule has 19 heavy (non-hydrogen) atoms. The molecule has 98 valence electrons. The fourth-order valence-corrected chi connectivity index (χ4v) is 2.79. The van der Waals surface area contributed by atoms with E-state index in [0.717, 1.165) is 15.6 Å². The molecule has 2 atom stereocenters. The maximum absolute atomic E-state index is 10.2. The Balaban J connectivity index is 1.95. The predicted molar refractivity (Wildman–Crippen MR) is 76.3 cm³/mol. The molecule has 0 amide bonds. The highest BCUT2D eigenvalue weighted by molar-refractivity contribution is 9.10. The van der Waals surface area contributed by atoms with E-state index in [1.165, 1.54) is 0 Å². The van der Waals surface area contributed by atoms with Crippen molar-refractivity contribution in [2.45, 2.75) is 18.6 Å². The van der Waals surface area contributed by atoms with Crippen molar-refractivity contribution in [2.24, 2.45) is 0 Å². The average Bonchev–Trinajstić information content (AvgIpc) is 2.39. The van der Waals surface area contributed by atoms with Crippen LogP contribution in [0.4, 0.5) is 0 Å². The van der Waals surface area contributed by atoms with Crippen molar-refractivity contribution < 1.29 is 9.84 Å². The van der Waals surface area contributed by atoms with Crippen LogP contribution < -0.4 is 4.74 Å². The van der Waals surface area contributed by atoms with Crippen molar-refractivity contribution in [1.82, 2.24) is 4.98 Å². The molecule has 0 saturated heterocycles. The molecule has 0 fully saturated rings. The maximum atomic E-state index is 10.2. The summed E-state index contributed by atoms with van der Waals surface area (Å²) >= 11 is 9.32. The summed E-state index contributed by atoms with van der Waals surface area (Å²) in [6.07, 6.45) is 3.19. The van der Waals surface area contributed by atoms with Crippen molar-refractivity contribution >= 4 is 27.5 Å². The van der Waals surface area contributed by atoms with Crippen LogP contribution in [0.5, 0.6) is 5.75 Å². The number of ether oxygens (including phenoxy) is 1. The molecule has 0 saturated carbocycles. The number of rotatable bonds is 1. The number of aliphatic hydroxyl groups excluding tert-OH is 1. The van der Waals surface area contributed by atoms with Gasteiger partial charge < -0.3 is 9.84 Å². The second kappa shape index (κ2) is 5.12. The number of nitrogens with zero attached hydrogens (tertiary/aromatic N) is 1. The van der Waals surface area contributed by atoms with Crippen molar-refractivity contribution in [3.8, 4) is 5.75 Å². The zero-order valence-electron chi connectivity index (χ0n) is 9.88. The fraction of sp³-hybridized carbons (Fsp3) is 0.214. The first-order valence-electron chi connectivity index (χ1n) is 5.88. The number of hydrogen-bond donors (Lipinski definition) is 1. The third-order valence-electron chi connectivity index (χ3n) is 3.14. The zero-order valence-corrected chi connectivity index (χ0v) is 12.2. The SMILES string of the molecule is O[C@@H]1CC(c2cncc(Br)c2)Oc2ccc(Cl)cc21. The van der Waals surface area contributed by atoms with E-state index in [-0.39, 0.29) is 6.10 Å². The minimum absolute atomic E-state index is 0.200. The Kier molecular flexibility index (Phi) is 3.48. The van der Waals surface area contributed by atoms with E-state index >= 15 is 0 Å². The minimum atomic E-state index is -0.577. The molecule has 0 aliphatic carbocycles. The third-order valence-corrected chi connectivity index (χ3v) is 3.80. The molecule has 0 bridgehead atoms. The van der Waals surface area contributed by atoms with Crippen molar-refractivity contribution in [1.29, 1.82) is 0 Å². The molecule has 1 unspecified atom stereocenters. The van der Waals surface area contributed by atoms with Crippen LogP contribution in [0.2, 0.25) is 5.02 Å². The van der Waals surface area contributed by atoms with Gasteiger partial charge in [0.2, 0.25) is 0 Å². The highest BCUT2D eigenvalue weighted by Gasteiger charge is 2.28. The maximum Gasteiger partial charge on any atom is 0.128 e. The summed E-state index contributed by atoms with van der Waals surface area (Å²) in [4.78, 5) is 4.12. The van der Waals surface area contributed by atoms with Gasteiger partial charge in [0.25, 0.3) is 0 Å². The lowest BCUT2D eigenvalue weighted by Crippen LogP contribution is -2.19. The third kappa shape index (κ3) is 2.61. The molecule has 2 heterocycles. The van der Waals surface area contributed by atoms with Gasteiger partial charge in [0.15, 0.2) is 0 Å². The molecule has 0 radical (unpaired) electrons. The Morgan fingerprint density at radius 1 is 1.32 bits per heavy atom. The van der Waals surface area contributed by atoms with Gasteiger partial charge in [-0.1, -0.05) is 11.6 Å². The smallest absolute Gasteiger partial charge is 0.128 e. The zero-order chi connectivity index (χ0) is 13.4. The summed E-state index contributed by atoms with van der Waals surface area (Å²) in [7, 11) is 0. The van der Waals surface area contributed by atoms with Gasteiger partial charge >= 0.3 is 0 Å². The van der Waals surface area contributed by atoms with Gasteiger partial charge in [0, 0.05) is 39.4 Å². The standard InChI is InChI=1S/C14H11BrClNO2/c15-9-3-8(6-17-7-9)14-5-12(18)11-4-10(16)1-2-13(11)19-14/h1-4,6-7,12,14,18H,5H2/t12-,14?/m1/s1. The number of aromatic nitrogens is 1. The van der Waals surface area contributed by atoms with E-state index in [4.69, 9.17) is 16.3 Å². The Morgan fingerprint density at radius 3 is 2.95 bits per heavy atom. The van der Waals surface area contributed by atoms with Crippen LogP contribution in [0.1, 0.15) is 29.8 Å². The fourth-order valence-electron chi connectivity index (χ4n) is 2.23. The number of hydrogen-bond acceptors (Lipinski definition) is 3. The van der Waals surface area contributed by atoms with E-state index in [1.54, 1.807) is 30.6 Å². The second-order valence-corrected chi connectivity index (χ2v) is 5.83. The van der Waals surface area contributed by atoms with Gasteiger partial charge in [-0.05, 0) is 40.2 Å². The van der Waals surface area contributed by atoms with E-state index in [1.807, 2.05) is 6.07 Å². The molecular formula is C14H11BrClNO2. The van der Waals surface area contributed by atoms with Crippen LogP contribution in [0, 0.1) is 0 Å². The van der Waals surface area contributed by atoms with Gasteiger partial charge in [-0.2, -0.15) is 0 Å². The van der Waals surface area contributed by atoms with Crippen molar-refractivity contribution in [3.05, 3.63) is 57.3 Å². The molecule has 3 rings (SSSR count). The molecule has 0 spiro atoms. The Hall–Kier alpha value is -1.10. The molecule has 1 N–H and O–H groups in total. The van der Waals surface area contributed by atoms with E-state index in [0.29, 0.717) is 17.2 Å². The molecular weight excluding hydrogens is 330 g/mol. The lowest BCUT2D eigenvalue weighted by atomic mass is 9.96. The highest BCUT2D eigenvalue weighted by atomic mass is 79.9. The minimum Gasteiger partial charge on any atom is -0.485 e. The van der Waals surface area contributed by atoms with E-state index in [9.17, 15) is 5.11 Å². The van der Waals surface area contributed by atoms with E-state index < -0.39 is 6.10 Å². The number of halogens is 2. The second-order valence-electron chi connectivity index (χ2n) is 4.48. The number of benzene rings is 1. The van der Waals surface area contributed by atoms with Gasteiger partial charge in [0.05, 0.1) is 6.10 Å². The first-order valence-corrected chi connectivity index (χ1v) is 7.05. The molecule has 5 heteroatoms. The summed E-state index contributed by atoms with van der Waals surface area (Å²) < 4.78 is 6.81. The van der Waals surface area contributed by atoms with Gasteiger partial charge in [-0.15, -0.1) is 0 Å². The summed E-state index contributed by atoms with van der Waals surface area (Å²) in [6, 6.07) is 7.25. The van der Waals surface area contributed by atoms with Crippen LogP contribution >= 0.6 is 27.5 Å². The van der Waals surface area contributed by atoms with Crippen LogP contribution in [0.3, 0.4) is 0 Å². The first-order chi connectivity index (χ1) is 9.13. The number of pyridine rings is 1. The van der Waals surface area contributed by atoms with Crippen LogP contribution in [0.25, 0.3) is 0 Å². The van der Waals surface area contributed by atoms with Crippen LogP contribution in [-0.4, -0.2) is 10.1 Å². The lowest BCUT2D eigenvalue weighted by Gasteiger charge is -2.29. The normalized spacial score (nSPS) is 21.6. The topological polar surface area (TPSA) is 42.4 Å². The van der Waals surface area contributed by atoms with Gasteiger partial charge in [-0.3, -0.25) is 4.98 Å². The number of fused-ring (bicyclic) bond motifs is 1. The van der Waals surface area contributed by atoms with Crippen molar-refractivity contribution in [3.63, 3.8) is 0 Å². The lowest BCUT2D eigenvalue weighted by molar-refractivity contribution is 0.0656. The summed E-state index contributed by atoms with van der Waals surface area (Å²) in [6.45, 7) is 0. The monoisotopic (exact) mass is 339 g/mol. The quantitative estimate of drug-likeness (QED) is 0.851. The molecule has 1 aromatic carbocycles. The summed E-state index contributed by atoms with van der Waals surface area (Å²) in [5.41, 5.74) is 1.68.